The summed E-state index contributed by atoms with van der Waals surface area (Å²) in [6.45, 7) is 8.18. The summed E-state index contributed by atoms with van der Waals surface area (Å²) in [5.41, 5.74) is 3.04. The highest BCUT2D eigenvalue weighted by atomic mass is 19.1. The van der Waals surface area contributed by atoms with Crippen molar-refractivity contribution in [3.05, 3.63) is 65.4 Å². The molecule has 24 heavy (non-hydrogen) atoms. The van der Waals surface area contributed by atoms with Gasteiger partial charge in [-0.3, -0.25) is 4.99 Å². The molecule has 0 aliphatic carbocycles. The van der Waals surface area contributed by atoms with E-state index in [-0.39, 0.29) is 5.82 Å². The lowest BCUT2D eigenvalue weighted by molar-refractivity contribution is 0.293. The maximum Gasteiger partial charge on any atom is 0.154 e. The summed E-state index contributed by atoms with van der Waals surface area (Å²) in [5, 5.41) is 4.24. The molecule has 0 fully saturated rings. The van der Waals surface area contributed by atoms with E-state index in [1.807, 2.05) is 46.0 Å². The summed E-state index contributed by atoms with van der Waals surface area (Å²) in [4.78, 5) is 9.40. The average molecular weight is 322 g/mol. The predicted molar refractivity (Wildman–Crippen MR) is 92.1 cm³/mol. The molecule has 3 heterocycles. The normalized spacial score (nSPS) is 18.3. The number of rotatable bonds is 1. The van der Waals surface area contributed by atoms with Gasteiger partial charge < -0.3 is 0 Å². The first-order chi connectivity index (χ1) is 11.3. The molecule has 0 amide bonds. The Kier molecular flexibility index (Phi) is 2.95. The van der Waals surface area contributed by atoms with Crippen molar-refractivity contribution in [3.63, 3.8) is 0 Å². The van der Waals surface area contributed by atoms with Crippen LogP contribution in [0.15, 0.2) is 47.8 Å². The van der Waals surface area contributed by atoms with E-state index in [0.717, 1.165) is 22.5 Å². The smallest absolute Gasteiger partial charge is 0.154 e. The maximum atomic E-state index is 14.7. The van der Waals surface area contributed by atoms with E-state index in [9.17, 15) is 4.39 Å². The second-order valence-corrected chi connectivity index (χ2v) is 7.28. The molecule has 0 unspecified atom stereocenters. The van der Waals surface area contributed by atoms with E-state index in [1.165, 1.54) is 6.07 Å². The van der Waals surface area contributed by atoms with Crippen molar-refractivity contribution in [3.8, 4) is 0 Å². The Bertz CT molecular complexity index is 982. The minimum atomic E-state index is -0.448. The van der Waals surface area contributed by atoms with Gasteiger partial charge in [-0.05, 0) is 19.9 Å². The Morgan fingerprint density at radius 2 is 1.88 bits per heavy atom. The molecule has 122 valence electrons. The standard InChI is InChI=1S/C19H19FN4/c1-18(2)16-13(6-5-7-14(16)20)17(23-19(18,3)4)12-10-21-15-8-9-22-24(15)11-12/h5-11H,1-4H3. The Labute approximate surface area is 140 Å². The van der Waals surface area contributed by atoms with E-state index in [2.05, 4.69) is 10.1 Å². The molecule has 0 radical (unpaired) electrons. The first kappa shape index (κ1) is 15.0. The highest BCUT2D eigenvalue weighted by molar-refractivity contribution is 6.14. The van der Waals surface area contributed by atoms with Gasteiger partial charge in [0.2, 0.25) is 0 Å². The molecule has 0 N–H and O–H groups in total. The zero-order valence-corrected chi connectivity index (χ0v) is 14.2. The number of hydrogen-bond acceptors (Lipinski definition) is 3. The molecule has 4 nitrogen and oxygen atoms in total. The summed E-state index contributed by atoms with van der Waals surface area (Å²) >= 11 is 0. The van der Waals surface area contributed by atoms with E-state index in [1.54, 1.807) is 23.0 Å². The molecular formula is C19H19FN4. The van der Waals surface area contributed by atoms with Crippen LogP contribution in [0.2, 0.25) is 0 Å². The molecule has 1 aliphatic rings. The lowest BCUT2D eigenvalue weighted by atomic mass is 9.65. The van der Waals surface area contributed by atoms with Crippen LogP contribution >= 0.6 is 0 Å². The first-order valence-corrected chi connectivity index (χ1v) is 8.00. The van der Waals surface area contributed by atoms with Gasteiger partial charge in [0.25, 0.3) is 0 Å². The van der Waals surface area contributed by atoms with Crippen LogP contribution in [0.1, 0.15) is 44.4 Å². The second kappa shape index (κ2) is 4.72. The molecule has 1 aliphatic heterocycles. The highest BCUT2D eigenvalue weighted by Gasteiger charge is 2.45. The van der Waals surface area contributed by atoms with Gasteiger partial charge in [0.05, 0.1) is 17.4 Å². The Hall–Kier alpha value is -2.56. The first-order valence-electron chi connectivity index (χ1n) is 8.00. The number of benzene rings is 1. The summed E-state index contributed by atoms with van der Waals surface area (Å²) in [6, 6.07) is 7.03. The van der Waals surface area contributed by atoms with E-state index in [4.69, 9.17) is 4.99 Å². The van der Waals surface area contributed by atoms with Gasteiger partial charge in [-0.2, -0.15) is 5.10 Å². The van der Waals surface area contributed by atoms with E-state index >= 15 is 0 Å². The number of aliphatic imine (C=N–C) groups is 1. The van der Waals surface area contributed by atoms with Gasteiger partial charge in [-0.25, -0.2) is 13.9 Å². The van der Waals surface area contributed by atoms with Crippen molar-refractivity contribution < 1.29 is 4.39 Å². The van der Waals surface area contributed by atoms with Crippen LogP contribution in [0.5, 0.6) is 0 Å². The molecule has 5 heteroatoms. The fraction of sp³-hybridized carbons (Fsp3) is 0.316. The molecular weight excluding hydrogens is 303 g/mol. The fourth-order valence-electron chi connectivity index (χ4n) is 3.29. The minimum Gasteiger partial charge on any atom is -0.277 e. The number of aromatic nitrogens is 3. The van der Waals surface area contributed by atoms with Crippen molar-refractivity contribution >= 4 is 11.4 Å². The van der Waals surface area contributed by atoms with Crippen molar-refractivity contribution in [2.45, 2.75) is 38.6 Å². The molecule has 0 bridgehead atoms. The summed E-state index contributed by atoms with van der Waals surface area (Å²) in [7, 11) is 0. The third kappa shape index (κ3) is 1.94. The predicted octanol–water partition coefficient (Wildman–Crippen LogP) is 3.78. The van der Waals surface area contributed by atoms with Crippen LogP contribution < -0.4 is 0 Å². The quantitative estimate of drug-likeness (QED) is 0.684. The van der Waals surface area contributed by atoms with Crippen molar-refractivity contribution in [2.24, 2.45) is 4.99 Å². The van der Waals surface area contributed by atoms with Gasteiger partial charge in [-0.1, -0.05) is 26.0 Å². The molecule has 1 aromatic carbocycles. The van der Waals surface area contributed by atoms with Crippen LogP contribution in [-0.2, 0) is 5.41 Å². The van der Waals surface area contributed by atoms with Crippen LogP contribution in [0.4, 0.5) is 4.39 Å². The lowest BCUT2D eigenvalue weighted by Gasteiger charge is -2.44. The topological polar surface area (TPSA) is 42.5 Å². The minimum absolute atomic E-state index is 0.189. The Morgan fingerprint density at radius 3 is 2.67 bits per heavy atom. The number of halogens is 1. The monoisotopic (exact) mass is 322 g/mol. The van der Waals surface area contributed by atoms with Gasteiger partial charge >= 0.3 is 0 Å². The van der Waals surface area contributed by atoms with Crippen molar-refractivity contribution in [1.29, 1.82) is 0 Å². The van der Waals surface area contributed by atoms with Crippen molar-refractivity contribution in [2.75, 3.05) is 0 Å². The van der Waals surface area contributed by atoms with Crippen LogP contribution in [-0.4, -0.2) is 25.8 Å². The maximum absolute atomic E-state index is 14.7. The number of hydrogen-bond donors (Lipinski definition) is 0. The van der Waals surface area contributed by atoms with Crippen molar-refractivity contribution in [1.82, 2.24) is 14.6 Å². The molecule has 3 aromatic rings. The summed E-state index contributed by atoms with van der Waals surface area (Å²) < 4.78 is 16.4. The molecule has 4 rings (SSSR count). The SMILES string of the molecule is CC1(C)N=C(c2cnc3ccnn3c2)c2cccc(F)c2C1(C)C. The molecule has 0 spiro atoms. The zero-order chi connectivity index (χ0) is 17.1. The largest absolute Gasteiger partial charge is 0.277 e. The number of nitrogens with zero attached hydrogens (tertiary/aromatic N) is 4. The zero-order valence-electron chi connectivity index (χ0n) is 14.2. The van der Waals surface area contributed by atoms with Gasteiger partial charge in [-0.15, -0.1) is 0 Å². The summed E-state index contributed by atoms with van der Waals surface area (Å²) in [5.74, 6) is -0.189. The lowest BCUT2D eigenvalue weighted by Crippen LogP contribution is -2.46. The molecule has 0 saturated heterocycles. The van der Waals surface area contributed by atoms with Crippen LogP contribution in [0.25, 0.3) is 5.65 Å². The van der Waals surface area contributed by atoms with Gasteiger partial charge in [0, 0.05) is 40.6 Å². The second-order valence-electron chi connectivity index (χ2n) is 7.28. The molecule has 0 saturated carbocycles. The third-order valence-corrected chi connectivity index (χ3v) is 5.33. The number of fused-ring (bicyclic) bond motifs is 2. The van der Waals surface area contributed by atoms with Gasteiger partial charge in [0.15, 0.2) is 5.65 Å². The van der Waals surface area contributed by atoms with E-state index < -0.39 is 11.0 Å². The third-order valence-electron chi connectivity index (χ3n) is 5.33. The van der Waals surface area contributed by atoms with E-state index in [0.29, 0.717) is 5.56 Å². The van der Waals surface area contributed by atoms with Crippen LogP contribution in [0.3, 0.4) is 0 Å². The Morgan fingerprint density at radius 1 is 1.08 bits per heavy atom. The average Bonchev–Trinajstić information content (AvgIpc) is 2.98. The molecule has 0 atom stereocenters. The highest BCUT2D eigenvalue weighted by Crippen LogP contribution is 2.44. The fourth-order valence-corrected chi connectivity index (χ4v) is 3.29. The van der Waals surface area contributed by atoms with Crippen LogP contribution in [0, 0.1) is 5.82 Å². The summed E-state index contributed by atoms with van der Waals surface area (Å²) in [6.07, 6.45) is 5.37. The van der Waals surface area contributed by atoms with Gasteiger partial charge in [0.1, 0.15) is 5.82 Å². The molecule has 2 aromatic heterocycles. The Balaban J connectivity index is 2.01.